The minimum atomic E-state index is -0.0429. The van der Waals surface area contributed by atoms with Crippen LogP contribution < -0.4 is 15.4 Å². The van der Waals surface area contributed by atoms with Gasteiger partial charge in [-0.2, -0.15) is 0 Å². The maximum Gasteiger partial charge on any atom is 0.321 e. The highest BCUT2D eigenvalue weighted by Crippen LogP contribution is 2.40. The summed E-state index contributed by atoms with van der Waals surface area (Å²) in [6.45, 7) is 3.63. The van der Waals surface area contributed by atoms with Crippen molar-refractivity contribution in [1.29, 1.82) is 0 Å². The summed E-state index contributed by atoms with van der Waals surface area (Å²) in [6.07, 6.45) is 9.73. The first kappa shape index (κ1) is 21.2. The number of anilines is 1. The average molecular weight is 431 g/mol. The number of urea groups is 1. The van der Waals surface area contributed by atoms with E-state index in [-0.39, 0.29) is 6.03 Å². The van der Waals surface area contributed by atoms with Crippen molar-refractivity contribution in [1.82, 2.24) is 15.1 Å². The lowest BCUT2D eigenvalue weighted by atomic mass is 9.78. The molecule has 3 aliphatic rings. The number of carbonyl (C=O) groups is 1. The number of benzene rings is 1. The minimum Gasteiger partial charge on any atom is -0.495 e. The molecule has 1 spiro atoms. The lowest BCUT2D eigenvalue weighted by Crippen LogP contribution is -2.48. The number of methoxy groups -OCH3 is 1. The van der Waals surface area contributed by atoms with E-state index in [2.05, 4.69) is 15.5 Å². The molecule has 2 aliphatic heterocycles. The summed E-state index contributed by atoms with van der Waals surface area (Å²) in [5.41, 5.74) is 1.01. The third kappa shape index (κ3) is 4.82. The van der Waals surface area contributed by atoms with Crippen molar-refractivity contribution in [3.63, 3.8) is 0 Å². The van der Waals surface area contributed by atoms with Gasteiger partial charge in [-0.3, -0.25) is 0 Å². The Bertz CT molecular complexity index is 757. The monoisotopic (exact) mass is 430 g/mol. The zero-order valence-corrected chi connectivity index (χ0v) is 18.8. The lowest BCUT2D eigenvalue weighted by molar-refractivity contribution is 0.131. The van der Waals surface area contributed by atoms with E-state index in [0.717, 1.165) is 49.8 Å². The van der Waals surface area contributed by atoms with Crippen molar-refractivity contribution in [3.8, 4) is 5.75 Å². The van der Waals surface area contributed by atoms with Crippen LogP contribution in [0, 0.1) is 5.41 Å². The Morgan fingerprint density at radius 1 is 1.07 bits per heavy atom. The molecule has 1 aromatic rings. The molecule has 2 saturated heterocycles. The third-order valence-corrected chi connectivity index (χ3v) is 7.49. The van der Waals surface area contributed by atoms with E-state index in [0.29, 0.717) is 17.2 Å². The molecule has 1 saturated carbocycles. The van der Waals surface area contributed by atoms with E-state index in [1.54, 1.807) is 7.11 Å². The van der Waals surface area contributed by atoms with Crippen LogP contribution in [0.2, 0.25) is 0 Å². The van der Waals surface area contributed by atoms with Gasteiger partial charge in [-0.15, -0.1) is 0 Å². The van der Waals surface area contributed by atoms with Crippen LogP contribution in [0.25, 0.3) is 0 Å². The maximum absolute atomic E-state index is 12.8. The van der Waals surface area contributed by atoms with Gasteiger partial charge in [-0.1, -0.05) is 31.4 Å². The van der Waals surface area contributed by atoms with Crippen molar-refractivity contribution < 1.29 is 9.53 Å². The number of piperidine rings is 1. The highest BCUT2D eigenvalue weighted by atomic mass is 32.1. The van der Waals surface area contributed by atoms with E-state index in [9.17, 15) is 4.79 Å². The third-order valence-electron chi connectivity index (χ3n) is 7.12. The molecule has 1 aliphatic carbocycles. The quantitative estimate of drug-likeness (QED) is 0.703. The number of carbonyl (C=O) groups excluding carboxylic acids is 1. The van der Waals surface area contributed by atoms with E-state index in [4.69, 9.17) is 17.0 Å². The van der Waals surface area contributed by atoms with Crippen molar-refractivity contribution in [2.24, 2.45) is 5.41 Å². The zero-order chi connectivity index (χ0) is 21.0. The van der Waals surface area contributed by atoms with Crippen LogP contribution >= 0.6 is 12.2 Å². The van der Waals surface area contributed by atoms with Gasteiger partial charge in [0.05, 0.1) is 12.8 Å². The largest absolute Gasteiger partial charge is 0.495 e. The molecular weight excluding hydrogens is 396 g/mol. The van der Waals surface area contributed by atoms with Crippen LogP contribution in [-0.2, 0) is 0 Å². The number of thiocarbonyl (C=S) groups is 1. The van der Waals surface area contributed by atoms with Crippen LogP contribution in [0.1, 0.15) is 51.4 Å². The molecule has 0 unspecified atom stereocenters. The number of hydrogen-bond acceptors (Lipinski definition) is 3. The van der Waals surface area contributed by atoms with Gasteiger partial charge in [0.15, 0.2) is 5.11 Å². The normalized spacial score (nSPS) is 21.5. The Balaban J connectivity index is 1.26. The predicted molar refractivity (Wildman–Crippen MR) is 124 cm³/mol. The molecule has 0 bridgehead atoms. The second kappa shape index (κ2) is 9.41. The molecule has 3 fully saturated rings. The molecule has 30 heavy (non-hydrogen) atoms. The van der Waals surface area contributed by atoms with Gasteiger partial charge in [-0.25, -0.2) is 4.79 Å². The summed E-state index contributed by atoms with van der Waals surface area (Å²) in [5, 5.41) is 7.56. The highest BCUT2D eigenvalue weighted by molar-refractivity contribution is 7.80. The molecule has 7 heteroatoms. The number of rotatable bonds is 3. The number of likely N-dealkylation sites (tertiary alicyclic amines) is 2. The summed E-state index contributed by atoms with van der Waals surface area (Å²) in [7, 11) is 1.62. The Hall–Kier alpha value is -2.02. The summed E-state index contributed by atoms with van der Waals surface area (Å²) >= 11 is 5.74. The van der Waals surface area contributed by atoms with Gasteiger partial charge < -0.3 is 25.2 Å². The molecular formula is C23H34N4O2S. The van der Waals surface area contributed by atoms with Crippen molar-refractivity contribution >= 4 is 29.0 Å². The van der Waals surface area contributed by atoms with Gasteiger partial charge >= 0.3 is 6.03 Å². The van der Waals surface area contributed by atoms with Crippen LogP contribution in [-0.4, -0.2) is 60.3 Å². The van der Waals surface area contributed by atoms with Crippen LogP contribution in [0.15, 0.2) is 24.3 Å². The second-order valence-corrected chi connectivity index (χ2v) is 9.46. The number of ether oxygens (including phenoxy) is 1. The van der Waals surface area contributed by atoms with Gasteiger partial charge in [0.1, 0.15) is 5.75 Å². The topological polar surface area (TPSA) is 56.8 Å². The van der Waals surface area contributed by atoms with Crippen molar-refractivity contribution in [3.05, 3.63) is 24.3 Å². The van der Waals surface area contributed by atoms with Crippen molar-refractivity contribution in [2.75, 3.05) is 38.6 Å². The molecule has 4 rings (SSSR count). The van der Waals surface area contributed by atoms with Gasteiger partial charge in [0, 0.05) is 32.2 Å². The van der Waals surface area contributed by atoms with Crippen molar-refractivity contribution in [2.45, 2.75) is 57.4 Å². The summed E-state index contributed by atoms with van der Waals surface area (Å²) in [4.78, 5) is 17.1. The first-order valence-electron chi connectivity index (χ1n) is 11.3. The Morgan fingerprint density at radius 3 is 2.43 bits per heavy atom. The molecule has 164 valence electrons. The van der Waals surface area contributed by atoms with Crippen LogP contribution in [0.3, 0.4) is 0 Å². The summed E-state index contributed by atoms with van der Waals surface area (Å²) < 4.78 is 5.34. The van der Waals surface area contributed by atoms with Gasteiger partial charge in [-0.05, 0) is 61.9 Å². The zero-order valence-electron chi connectivity index (χ0n) is 18.0. The summed E-state index contributed by atoms with van der Waals surface area (Å²) in [6, 6.07) is 8.05. The summed E-state index contributed by atoms with van der Waals surface area (Å²) in [5.74, 6) is 0.685. The van der Waals surface area contributed by atoms with Gasteiger partial charge in [0.25, 0.3) is 0 Å². The van der Waals surface area contributed by atoms with Crippen LogP contribution in [0.4, 0.5) is 10.5 Å². The molecule has 2 amide bonds. The molecule has 2 N–H and O–H groups in total. The minimum absolute atomic E-state index is 0.0429. The molecule has 6 nitrogen and oxygen atoms in total. The molecule has 1 aromatic carbocycles. The number of nitrogens with zero attached hydrogens (tertiary/aromatic N) is 2. The fourth-order valence-corrected chi connectivity index (χ4v) is 5.48. The highest BCUT2D eigenvalue weighted by Gasteiger charge is 2.42. The maximum atomic E-state index is 12.8. The van der Waals surface area contributed by atoms with E-state index >= 15 is 0 Å². The lowest BCUT2D eigenvalue weighted by Gasteiger charge is -2.39. The fraction of sp³-hybridized carbons (Fsp3) is 0.652. The SMILES string of the molecule is COc1ccccc1NC(=O)N1CCC2(CC1)CCN(C(=S)NC1CCCCC1)C2. The molecule has 0 atom stereocenters. The van der Waals surface area contributed by atoms with Gasteiger partial charge in [0.2, 0.25) is 0 Å². The molecule has 0 radical (unpaired) electrons. The standard InChI is InChI=1S/C23H34N4O2S/c1-29-20-10-6-5-9-19(20)25-21(28)26-14-11-23(12-15-26)13-16-27(17-23)22(30)24-18-7-3-2-4-8-18/h5-6,9-10,18H,2-4,7-8,11-17H2,1H3,(H,24,30)(H,25,28). The second-order valence-electron chi connectivity index (χ2n) is 9.07. The van der Waals surface area contributed by atoms with E-state index in [1.165, 1.54) is 38.5 Å². The number of hydrogen-bond donors (Lipinski definition) is 2. The van der Waals surface area contributed by atoms with Crippen LogP contribution in [0.5, 0.6) is 5.75 Å². The first-order chi connectivity index (χ1) is 14.6. The average Bonchev–Trinajstić information content (AvgIpc) is 3.19. The smallest absolute Gasteiger partial charge is 0.321 e. The first-order valence-corrected chi connectivity index (χ1v) is 11.7. The Kier molecular flexibility index (Phi) is 6.66. The Labute approximate surface area is 185 Å². The molecule has 0 aromatic heterocycles. The number of nitrogens with one attached hydrogen (secondary N) is 2. The number of para-hydroxylation sites is 2. The molecule has 2 heterocycles. The predicted octanol–water partition coefficient (Wildman–Crippen LogP) is 4.22. The fourth-order valence-electron chi connectivity index (χ4n) is 5.16. The number of amides is 2. The Morgan fingerprint density at radius 2 is 1.73 bits per heavy atom. The van der Waals surface area contributed by atoms with E-state index < -0.39 is 0 Å². The van der Waals surface area contributed by atoms with E-state index in [1.807, 2.05) is 29.2 Å².